The maximum atomic E-state index is 12.8. The van der Waals surface area contributed by atoms with Gasteiger partial charge in [-0.3, -0.25) is 4.79 Å². The van der Waals surface area contributed by atoms with Gasteiger partial charge in [0.05, 0.1) is 13.2 Å². The number of rotatable bonds is 6. The second kappa shape index (κ2) is 8.54. The molecule has 1 amide bonds. The number of thiazole rings is 1. The highest BCUT2D eigenvalue weighted by molar-refractivity contribution is 7.09. The number of aliphatic hydroxyl groups excluding tert-OH is 2. The van der Waals surface area contributed by atoms with E-state index in [2.05, 4.69) is 47.4 Å². The zero-order valence-corrected chi connectivity index (χ0v) is 18.1. The van der Waals surface area contributed by atoms with Crippen LogP contribution in [0.2, 0.25) is 0 Å². The summed E-state index contributed by atoms with van der Waals surface area (Å²) in [5.41, 5.74) is 6.29. The topological polar surface area (TPSA) is 73.7 Å². The fraction of sp³-hybridized carbons (Fsp3) is 0.360. The number of likely N-dealkylation sites (tertiary alicyclic amines) is 1. The summed E-state index contributed by atoms with van der Waals surface area (Å²) in [6.07, 6.45) is 3.38. The van der Waals surface area contributed by atoms with Crippen molar-refractivity contribution in [1.29, 1.82) is 0 Å². The maximum absolute atomic E-state index is 12.8. The minimum absolute atomic E-state index is 0.00877. The fourth-order valence-electron chi connectivity index (χ4n) is 4.66. The molecular weight excluding hydrogens is 408 g/mol. The van der Waals surface area contributed by atoms with E-state index >= 15 is 0 Å². The SMILES string of the molecule is O=C(c1csc(CO)n1)N1CCC(c2ccc(-c3ccccc3C3CC3)cc2CO)C1. The Morgan fingerprint density at radius 3 is 2.61 bits per heavy atom. The first-order valence-electron chi connectivity index (χ1n) is 10.9. The first kappa shape index (κ1) is 20.4. The van der Waals surface area contributed by atoms with Crippen molar-refractivity contribution >= 4 is 17.2 Å². The molecule has 1 aromatic heterocycles. The zero-order chi connectivity index (χ0) is 21.4. The molecule has 160 valence electrons. The predicted octanol–water partition coefficient (Wildman–Crippen LogP) is 4.30. The Morgan fingerprint density at radius 2 is 1.87 bits per heavy atom. The summed E-state index contributed by atoms with van der Waals surface area (Å²) < 4.78 is 0. The minimum atomic E-state index is -0.142. The Hall–Kier alpha value is -2.54. The lowest BCUT2D eigenvalue weighted by molar-refractivity contribution is 0.0785. The number of aliphatic hydroxyl groups is 2. The number of aromatic nitrogens is 1. The largest absolute Gasteiger partial charge is 0.392 e. The number of hydrogen-bond acceptors (Lipinski definition) is 5. The molecule has 2 fully saturated rings. The molecule has 1 aliphatic heterocycles. The van der Waals surface area contributed by atoms with Crippen LogP contribution in [-0.2, 0) is 13.2 Å². The quantitative estimate of drug-likeness (QED) is 0.607. The van der Waals surface area contributed by atoms with E-state index < -0.39 is 0 Å². The van der Waals surface area contributed by atoms with E-state index in [1.807, 2.05) is 4.90 Å². The Balaban J connectivity index is 1.37. The summed E-state index contributed by atoms with van der Waals surface area (Å²) in [6.45, 7) is 1.14. The molecule has 0 spiro atoms. The summed E-state index contributed by atoms with van der Waals surface area (Å²) in [5, 5.41) is 21.6. The van der Waals surface area contributed by atoms with Crippen LogP contribution in [0.15, 0.2) is 47.8 Å². The molecule has 5 nitrogen and oxygen atoms in total. The van der Waals surface area contributed by atoms with Crippen molar-refractivity contribution in [3.63, 3.8) is 0 Å². The van der Waals surface area contributed by atoms with Gasteiger partial charge < -0.3 is 15.1 Å². The summed E-state index contributed by atoms with van der Waals surface area (Å²) in [4.78, 5) is 18.8. The molecule has 3 aromatic rings. The van der Waals surface area contributed by atoms with Gasteiger partial charge in [0.25, 0.3) is 5.91 Å². The molecule has 31 heavy (non-hydrogen) atoms. The smallest absolute Gasteiger partial charge is 0.273 e. The third-order valence-corrected chi connectivity index (χ3v) is 7.26. The Bertz CT molecular complexity index is 1110. The molecular formula is C25H26N2O3S. The summed E-state index contributed by atoms with van der Waals surface area (Å²) in [6, 6.07) is 15.0. The van der Waals surface area contributed by atoms with Crippen LogP contribution in [0.25, 0.3) is 11.1 Å². The molecule has 1 unspecified atom stereocenters. The highest BCUT2D eigenvalue weighted by atomic mass is 32.1. The van der Waals surface area contributed by atoms with Crippen LogP contribution in [0.5, 0.6) is 0 Å². The van der Waals surface area contributed by atoms with E-state index in [0.717, 1.165) is 23.1 Å². The average Bonchev–Trinajstić information content (AvgIpc) is 3.34. The molecule has 1 aliphatic carbocycles. The first-order valence-corrected chi connectivity index (χ1v) is 11.7. The molecule has 0 bridgehead atoms. The summed E-state index contributed by atoms with van der Waals surface area (Å²) >= 11 is 1.31. The molecule has 1 saturated heterocycles. The number of hydrogen-bond donors (Lipinski definition) is 2. The third-order valence-electron chi connectivity index (χ3n) is 6.42. The average molecular weight is 435 g/mol. The van der Waals surface area contributed by atoms with Gasteiger partial charge in [-0.05, 0) is 59.1 Å². The van der Waals surface area contributed by atoms with Crippen molar-refractivity contribution in [2.24, 2.45) is 0 Å². The van der Waals surface area contributed by atoms with Gasteiger partial charge in [0, 0.05) is 24.4 Å². The summed E-state index contributed by atoms with van der Waals surface area (Å²) in [5.74, 6) is 0.786. The lowest BCUT2D eigenvalue weighted by Crippen LogP contribution is -2.28. The number of benzene rings is 2. The predicted molar refractivity (Wildman–Crippen MR) is 121 cm³/mol. The van der Waals surface area contributed by atoms with E-state index in [-0.39, 0.29) is 25.0 Å². The van der Waals surface area contributed by atoms with E-state index in [0.29, 0.717) is 29.7 Å². The van der Waals surface area contributed by atoms with Crippen molar-refractivity contribution in [1.82, 2.24) is 9.88 Å². The fourth-order valence-corrected chi connectivity index (χ4v) is 5.29. The molecule has 2 heterocycles. The Labute approximate surface area is 186 Å². The van der Waals surface area contributed by atoms with Crippen molar-refractivity contribution in [3.8, 4) is 11.1 Å². The van der Waals surface area contributed by atoms with Crippen molar-refractivity contribution in [3.05, 3.63) is 75.2 Å². The summed E-state index contributed by atoms with van der Waals surface area (Å²) in [7, 11) is 0. The lowest BCUT2D eigenvalue weighted by Gasteiger charge is -2.18. The van der Waals surface area contributed by atoms with Crippen LogP contribution in [0.3, 0.4) is 0 Å². The Morgan fingerprint density at radius 1 is 1.03 bits per heavy atom. The zero-order valence-electron chi connectivity index (χ0n) is 17.3. The second-order valence-electron chi connectivity index (χ2n) is 8.45. The van der Waals surface area contributed by atoms with Gasteiger partial charge in [-0.25, -0.2) is 4.98 Å². The molecule has 6 heteroatoms. The molecule has 0 radical (unpaired) electrons. The molecule has 2 N–H and O–H groups in total. The van der Waals surface area contributed by atoms with Crippen molar-refractivity contribution in [2.45, 2.75) is 44.3 Å². The maximum Gasteiger partial charge on any atom is 0.273 e. The van der Waals surface area contributed by atoms with Crippen LogP contribution in [0, 0.1) is 0 Å². The number of carbonyl (C=O) groups is 1. The van der Waals surface area contributed by atoms with Crippen LogP contribution in [0.1, 0.15) is 63.3 Å². The van der Waals surface area contributed by atoms with Crippen LogP contribution in [0.4, 0.5) is 0 Å². The highest BCUT2D eigenvalue weighted by Crippen LogP contribution is 2.44. The number of amides is 1. The van der Waals surface area contributed by atoms with Gasteiger partial charge in [0.15, 0.2) is 0 Å². The molecule has 1 saturated carbocycles. The van der Waals surface area contributed by atoms with Crippen LogP contribution < -0.4 is 0 Å². The van der Waals surface area contributed by atoms with E-state index in [1.165, 1.54) is 35.3 Å². The van der Waals surface area contributed by atoms with Crippen LogP contribution in [-0.4, -0.2) is 39.1 Å². The van der Waals surface area contributed by atoms with Gasteiger partial charge >= 0.3 is 0 Å². The number of carbonyl (C=O) groups excluding carboxylic acids is 1. The monoisotopic (exact) mass is 434 g/mol. The van der Waals surface area contributed by atoms with Gasteiger partial charge in [-0.1, -0.05) is 36.4 Å². The molecule has 1 atom stereocenters. The highest BCUT2D eigenvalue weighted by Gasteiger charge is 2.31. The standard InChI is InChI=1S/C25H26N2O3S/c28-13-19-11-17(22-4-2-1-3-21(22)16-5-6-16)7-8-20(19)18-9-10-27(12-18)25(30)23-15-31-24(14-29)26-23/h1-4,7-8,11,15-16,18,28-29H,5-6,9-10,12-14H2. The van der Waals surface area contributed by atoms with Crippen LogP contribution >= 0.6 is 11.3 Å². The van der Waals surface area contributed by atoms with Crippen molar-refractivity contribution in [2.75, 3.05) is 13.1 Å². The third kappa shape index (κ3) is 4.03. The van der Waals surface area contributed by atoms with Gasteiger partial charge in [0.1, 0.15) is 10.7 Å². The van der Waals surface area contributed by atoms with Gasteiger partial charge in [-0.2, -0.15) is 0 Å². The molecule has 5 rings (SSSR count). The number of nitrogens with zero attached hydrogens (tertiary/aromatic N) is 2. The Kier molecular flexibility index (Phi) is 5.61. The molecule has 2 aromatic carbocycles. The van der Waals surface area contributed by atoms with E-state index in [4.69, 9.17) is 0 Å². The lowest BCUT2D eigenvalue weighted by atomic mass is 9.89. The van der Waals surface area contributed by atoms with Crippen molar-refractivity contribution < 1.29 is 15.0 Å². The van der Waals surface area contributed by atoms with E-state index in [1.54, 1.807) is 5.38 Å². The van der Waals surface area contributed by atoms with Gasteiger partial charge in [-0.15, -0.1) is 11.3 Å². The second-order valence-corrected chi connectivity index (χ2v) is 9.40. The normalized spacial score (nSPS) is 18.5. The van der Waals surface area contributed by atoms with Gasteiger partial charge in [0.2, 0.25) is 0 Å². The van der Waals surface area contributed by atoms with E-state index in [9.17, 15) is 15.0 Å². The first-order chi connectivity index (χ1) is 15.2. The molecule has 2 aliphatic rings. The minimum Gasteiger partial charge on any atom is -0.392 e.